The van der Waals surface area contributed by atoms with Crippen molar-refractivity contribution in [2.75, 3.05) is 26.3 Å². The Hall–Kier alpha value is -3.23. The van der Waals surface area contributed by atoms with Crippen molar-refractivity contribution in [1.82, 2.24) is 19.4 Å². The Balaban J connectivity index is 1.63. The van der Waals surface area contributed by atoms with E-state index in [0.717, 1.165) is 29.9 Å². The van der Waals surface area contributed by atoms with E-state index in [9.17, 15) is 14.4 Å². The minimum Gasteiger partial charge on any atom is -0.379 e. The summed E-state index contributed by atoms with van der Waals surface area (Å²) in [5.41, 5.74) is 2.98. The lowest BCUT2D eigenvalue weighted by Gasteiger charge is -2.26. The van der Waals surface area contributed by atoms with Crippen molar-refractivity contribution in [2.24, 2.45) is 7.05 Å². The summed E-state index contributed by atoms with van der Waals surface area (Å²) in [5.74, 6) is -0.434. The predicted octanol–water partition coefficient (Wildman–Crippen LogP) is 1.45. The summed E-state index contributed by atoms with van der Waals surface area (Å²) >= 11 is 0. The quantitative estimate of drug-likeness (QED) is 0.608. The van der Waals surface area contributed by atoms with Crippen LogP contribution in [0.25, 0.3) is 11.0 Å². The molecular formula is C23H26N4O4. The van der Waals surface area contributed by atoms with Crippen molar-refractivity contribution >= 4 is 23.4 Å². The molecule has 0 atom stereocenters. The second-order valence-electron chi connectivity index (χ2n) is 7.89. The van der Waals surface area contributed by atoms with Crippen LogP contribution < -0.4 is 10.7 Å². The molecule has 0 radical (unpaired) electrons. The Morgan fingerprint density at radius 2 is 1.90 bits per heavy atom. The lowest BCUT2D eigenvalue weighted by atomic mass is 10.1. The molecule has 0 unspecified atom stereocenters. The van der Waals surface area contributed by atoms with Gasteiger partial charge in [-0.1, -0.05) is 29.8 Å². The third-order valence-corrected chi connectivity index (χ3v) is 5.65. The van der Waals surface area contributed by atoms with Gasteiger partial charge >= 0.3 is 0 Å². The molecule has 1 saturated heterocycles. The van der Waals surface area contributed by atoms with E-state index in [1.807, 2.05) is 31.2 Å². The van der Waals surface area contributed by atoms with Crippen LogP contribution in [-0.2, 0) is 29.7 Å². The Kier molecular flexibility index (Phi) is 6.01. The van der Waals surface area contributed by atoms with Crippen molar-refractivity contribution in [3.63, 3.8) is 0 Å². The van der Waals surface area contributed by atoms with Crippen LogP contribution in [-0.4, -0.2) is 52.7 Å². The highest BCUT2D eigenvalue weighted by Crippen LogP contribution is 2.18. The summed E-state index contributed by atoms with van der Waals surface area (Å²) in [6.45, 7) is 5.69. The Morgan fingerprint density at radius 3 is 2.58 bits per heavy atom. The van der Waals surface area contributed by atoms with Gasteiger partial charge in [0.25, 0.3) is 5.91 Å². The number of aryl methyl sites for hydroxylation is 2. The summed E-state index contributed by atoms with van der Waals surface area (Å²) in [6.07, 6.45) is 2.21. The standard InChI is InChI=1S/C23H26N4O4/c1-16-3-5-17(6-4-16)12-24-22(30)20-14-25(2)23-19(21(20)29)11-18(27(23)15-28)13-26-7-9-31-10-8-26/h3-6,11,14-15H,7-10,12-13H2,1-2H3,(H,24,30). The first-order valence-electron chi connectivity index (χ1n) is 10.3. The van der Waals surface area contributed by atoms with Gasteiger partial charge in [0, 0.05) is 45.1 Å². The van der Waals surface area contributed by atoms with Gasteiger partial charge in [0.15, 0.2) is 0 Å². The zero-order valence-electron chi connectivity index (χ0n) is 17.8. The summed E-state index contributed by atoms with van der Waals surface area (Å²) < 4.78 is 8.53. The number of benzene rings is 1. The number of hydrogen-bond donors (Lipinski definition) is 1. The zero-order valence-corrected chi connectivity index (χ0v) is 17.8. The van der Waals surface area contributed by atoms with E-state index in [-0.39, 0.29) is 11.0 Å². The number of nitrogens with zero attached hydrogens (tertiary/aromatic N) is 3. The van der Waals surface area contributed by atoms with Crippen molar-refractivity contribution in [1.29, 1.82) is 0 Å². The van der Waals surface area contributed by atoms with Gasteiger partial charge in [0.1, 0.15) is 11.2 Å². The highest BCUT2D eigenvalue weighted by molar-refractivity contribution is 5.97. The minimum absolute atomic E-state index is 0.0584. The highest BCUT2D eigenvalue weighted by atomic mass is 16.5. The summed E-state index contributed by atoms with van der Waals surface area (Å²) in [4.78, 5) is 39.9. The fourth-order valence-electron chi connectivity index (χ4n) is 3.93. The monoisotopic (exact) mass is 422 g/mol. The third kappa shape index (κ3) is 4.30. The number of pyridine rings is 1. The number of morpholine rings is 1. The molecule has 162 valence electrons. The van der Waals surface area contributed by atoms with E-state index >= 15 is 0 Å². The number of aromatic nitrogens is 2. The number of nitrogens with one attached hydrogen (secondary N) is 1. The van der Waals surface area contributed by atoms with Gasteiger partial charge in [0.2, 0.25) is 11.8 Å². The molecular weight excluding hydrogens is 396 g/mol. The number of carbonyl (C=O) groups excluding carboxylic acids is 2. The lowest BCUT2D eigenvalue weighted by Crippen LogP contribution is -2.36. The second-order valence-corrected chi connectivity index (χ2v) is 7.89. The van der Waals surface area contributed by atoms with Gasteiger partial charge in [-0.15, -0.1) is 0 Å². The van der Waals surface area contributed by atoms with Crippen molar-refractivity contribution < 1.29 is 14.3 Å². The molecule has 3 heterocycles. The van der Waals surface area contributed by atoms with Crippen molar-refractivity contribution in [2.45, 2.75) is 20.0 Å². The van der Waals surface area contributed by atoms with Crippen LogP contribution >= 0.6 is 0 Å². The Morgan fingerprint density at radius 1 is 1.19 bits per heavy atom. The maximum absolute atomic E-state index is 13.1. The normalized spacial score (nSPS) is 14.6. The number of carbonyl (C=O) groups is 2. The van der Waals surface area contributed by atoms with Crippen LogP contribution in [0.1, 0.15) is 27.2 Å². The van der Waals surface area contributed by atoms with E-state index < -0.39 is 5.91 Å². The molecule has 1 aliphatic rings. The van der Waals surface area contributed by atoms with Crippen LogP contribution in [0.3, 0.4) is 0 Å². The average Bonchev–Trinajstić information content (AvgIpc) is 3.15. The van der Waals surface area contributed by atoms with Crippen LogP contribution in [0.4, 0.5) is 0 Å². The first kappa shape index (κ1) is 21.0. The number of ether oxygens (including phenoxy) is 1. The first-order chi connectivity index (χ1) is 15.0. The maximum atomic E-state index is 13.1. The van der Waals surface area contributed by atoms with Gasteiger partial charge in [-0.2, -0.15) is 0 Å². The third-order valence-electron chi connectivity index (χ3n) is 5.65. The molecule has 1 aliphatic heterocycles. The van der Waals surface area contributed by atoms with E-state index in [0.29, 0.717) is 43.7 Å². The predicted molar refractivity (Wildman–Crippen MR) is 118 cm³/mol. The summed E-state index contributed by atoms with van der Waals surface area (Å²) in [6, 6.07) is 9.56. The SMILES string of the molecule is Cc1ccc(CNC(=O)c2cn(C)c3c(cc(CN4CCOCC4)n3C=O)c2=O)cc1. The smallest absolute Gasteiger partial charge is 0.257 e. The lowest BCUT2D eigenvalue weighted by molar-refractivity contribution is 0.0335. The molecule has 8 heteroatoms. The molecule has 4 rings (SSSR count). The molecule has 31 heavy (non-hydrogen) atoms. The molecule has 1 amide bonds. The van der Waals surface area contributed by atoms with E-state index in [1.54, 1.807) is 17.7 Å². The fourth-order valence-corrected chi connectivity index (χ4v) is 3.93. The van der Waals surface area contributed by atoms with Crippen molar-refractivity contribution in [3.8, 4) is 0 Å². The van der Waals surface area contributed by atoms with Gasteiger partial charge in [-0.05, 0) is 18.6 Å². The minimum atomic E-state index is -0.434. The molecule has 2 aromatic heterocycles. The second kappa shape index (κ2) is 8.87. The van der Waals surface area contributed by atoms with E-state index in [4.69, 9.17) is 4.74 Å². The average molecular weight is 422 g/mol. The molecule has 0 saturated carbocycles. The molecule has 0 spiro atoms. The number of fused-ring (bicyclic) bond motifs is 1. The molecule has 3 aromatic rings. The molecule has 1 fully saturated rings. The zero-order chi connectivity index (χ0) is 22.0. The molecule has 1 aromatic carbocycles. The number of amides is 1. The maximum Gasteiger partial charge on any atom is 0.257 e. The topological polar surface area (TPSA) is 85.6 Å². The summed E-state index contributed by atoms with van der Waals surface area (Å²) in [7, 11) is 1.73. The van der Waals surface area contributed by atoms with Crippen LogP contribution in [0, 0.1) is 6.92 Å². The largest absolute Gasteiger partial charge is 0.379 e. The van der Waals surface area contributed by atoms with Crippen LogP contribution in [0.15, 0.2) is 41.3 Å². The number of rotatable bonds is 6. The Labute approximate surface area is 180 Å². The number of hydrogen-bond acceptors (Lipinski definition) is 5. The summed E-state index contributed by atoms with van der Waals surface area (Å²) in [5, 5.41) is 3.18. The van der Waals surface area contributed by atoms with Crippen molar-refractivity contribution in [3.05, 3.63) is 69.1 Å². The van der Waals surface area contributed by atoms with Gasteiger partial charge in [-0.3, -0.25) is 23.9 Å². The Bertz CT molecular complexity index is 1170. The van der Waals surface area contributed by atoms with E-state index in [1.165, 1.54) is 10.8 Å². The molecule has 0 bridgehead atoms. The highest BCUT2D eigenvalue weighted by Gasteiger charge is 2.21. The van der Waals surface area contributed by atoms with Gasteiger partial charge in [0.05, 0.1) is 18.6 Å². The fraction of sp³-hybridized carbons (Fsp3) is 0.348. The van der Waals surface area contributed by atoms with Crippen LogP contribution in [0.2, 0.25) is 0 Å². The molecule has 0 aliphatic carbocycles. The molecule has 1 N–H and O–H groups in total. The van der Waals surface area contributed by atoms with Crippen LogP contribution in [0.5, 0.6) is 0 Å². The van der Waals surface area contributed by atoms with Gasteiger partial charge in [-0.25, -0.2) is 0 Å². The first-order valence-corrected chi connectivity index (χ1v) is 10.3. The molecule has 8 nitrogen and oxygen atoms in total. The van der Waals surface area contributed by atoms with Gasteiger partial charge < -0.3 is 14.6 Å². The van der Waals surface area contributed by atoms with E-state index in [2.05, 4.69) is 10.2 Å².